The summed E-state index contributed by atoms with van der Waals surface area (Å²) in [5, 5.41) is 21.3. The second-order valence-electron chi connectivity index (χ2n) is 11.7. The molecule has 0 aromatic heterocycles. The normalized spacial score (nSPS) is 13.5. The van der Waals surface area contributed by atoms with Crippen molar-refractivity contribution in [2.24, 2.45) is 0 Å². The summed E-state index contributed by atoms with van der Waals surface area (Å²) < 4.78 is 5.87. The second-order valence-corrected chi connectivity index (χ2v) is 11.7. The number of ether oxygens (including phenoxy) is 1. The Morgan fingerprint density at radius 3 is 1.95 bits per heavy atom. The van der Waals surface area contributed by atoms with E-state index in [4.69, 9.17) is 4.74 Å². The SMILES string of the molecule is COc1cc2c3ccccc3c3cc4c(cc3c2c2ccccc12)C(C)(C)c1ccc(-c2ccccc2[N+](=O)[O-])cc1-4. The van der Waals surface area contributed by atoms with E-state index >= 15 is 0 Å². The van der Waals surface area contributed by atoms with Crippen LogP contribution in [0.5, 0.6) is 5.75 Å². The number of fused-ring (bicyclic) bond motifs is 11. The molecular weight excluding hydrogens is 518 g/mol. The van der Waals surface area contributed by atoms with Crippen LogP contribution in [0.25, 0.3) is 65.3 Å². The zero-order valence-corrected chi connectivity index (χ0v) is 23.6. The molecule has 7 aromatic rings. The fourth-order valence-corrected chi connectivity index (χ4v) is 7.24. The maximum atomic E-state index is 11.8. The lowest BCUT2D eigenvalue weighted by atomic mass is 9.80. The molecule has 0 saturated heterocycles. The van der Waals surface area contributed by atoms with E-state index in [1.807, 2.05) is 18.2 Å². The van der Waals surface area contributed by atoms with Gasteiger partial charge in [-0.25, -0.2) is 0 Å². The Hall–Kier alpha value is -5.22. The molecular formula is C38H27NO3. The molecule has 0 amide bonds. The van der Waals surface area contributed by atoms with Crippen molar-refractivity contribution in [2.75, 3.05) is 7.11 Å². The molecule has 0 bridgehead atoms. The van der Waals surface area contributed by atoms with Crippen molar-refractivity contribution in [3.8, 4) is 28.0 Å². The third kappa shape index (κ3) is 3.23. The molecule has 0 saturated carbocycles. The average molecular weight is 546 g/mol. The number of hydrogen-bond donors (Lipinski definition) is 0. The van der Waals surface area contributed by atoms with Crippen molar-refractivity contribution in [1.29, 1.82) is 0 Å². The highest BCUT2D eigenvalue weighted by Gasteiger charge is 2.36. The highest BCUT2D eigenvalue weighted by molar-refractivity contribution is 6.32. The van der Waals surface area contributed by atoms with E-state index in [-0.39, 0.29) is 16.0 Å². The Kier molecular flexibility index (Phi) is 5.05. The first-order valence-electron chi connectivity index (χ1n) is 14.2. The molecule has 0 aliphatic heterocycles. The smallest absolute Gasteiger partial charge is 0.277 e. The molecule has 0 fully saturated rings. The van der Waals surface area contributed by atoms with Crippen LogP contribution >= 0.6 is 0 Å². The summed E-state index contributed by atoms with van der Waals surface area (Å²) in [5.41, 5.74) is 6.19. The van der Waals surface area contributed by atoms with Crippen LogP contribution in [0.1, 0.15) is 25.0 Å². The van der Waals surface area contributed by atoms with Gasteiger partial charge in [-0.1, -0.05) is 86.6 Å². The van der Waals surface area contributed by atoms with Crippen LogP contribution < -0.4 is 4.74 Å². The van der Waals surface area contributed by atoms with Crippen LogP contribution in [-0.4, -0.2) is 12.0 Å². The number of nitro benzene ring substituents is 1. The predicted octanol–water partition coefficient (Wildman–Crippen LogP) is 10.2. The number of methoxy groups -OCH3 is 1. The number of para-hydroxylation sites is 1. The fraction of sp³-hybridized carbons (Fsp3) is 0.105. The highest BCUT2D eigenvalue weighted by atomic mass is 16.6. The summed E-state index contributed by atoms with van der Waals surface area (Å²) in [5.74, 6) is 0.874. The van der Waals surface area contributed by atoms with Gasteiger partial charge < -0.3 is 4.74 Å². The minimum absolute atomic E-state index is 0.119. The molecule has 0 heterocycles. The zero-order valence-electron chi connectivity index (χ0n) is 23.6. The van der Waals surface area contributed by atoms with Crippen molar-refractivity contribution >= 4 is 48.8 Å². The lowest BCUT2D eigenvalue weighted by Gasteiger charge is -2.23. The van der Waals surface area contributed by atoms with Gasteiger partial charge in [0, 0.05) is 16.9 Å². The van der Waals surface area contributed by atoms with Crippen molar-refractivity contribution in [2.45, 2.75) is 19.3 Å². The van der Waals surface area contributed by atoms with E-state index in [0.29, 0.717) is 5.56 Å². The molecule has 0 unspecified atom stereocenters. The monoisotopic (exact) mass is 545 g/mol. The number of benzene rings is 7. The van der Waals surface area contributed by atoms with Gasteiger partial charge in [0.1, 0.15) is 5.75 Å². The highest BCUT2D eigenvalue weighted by Crippen LogP contribution is 2.53. The van der Waals surface area contributed by atoms with Crippen molar-refractivity contribution in [3.63, 3.8) is 0 Å². The van der Waals surface area contributed by atoms with Crippen LogP contribution in [0.3, 0.4) is 0 Å². The summed E-state index contributed by atoms with van der Waals surface area (Å²) in [6.07, 6.45) is 0. The number of nitrogens with zero attached hydrogens (tertiary/aromatic N) is 1. The second kappa shape index (κ2) is 8.64. The van der Waals surface area contributed by atoms with E-state index < -0.39 is 0 Å². The number of hydrogen-bond acceptors (Lipinski definition) is 3. The van der Waals surface area contributed by atoms with Gasteiger partial charge in [0.2, 0.25) is 0 Å². The summed E-state index contributed by atoms with van der Waals surface area (Å²) in [4.78, 5) is 11.5. The first-order chi connectivity index (χ1) is 20.4. The Bertz CT molecular complexity index is 2300. The Balaban J connectivity index is 1.50. The maximum Gasteiger partial charge on any atom is 0.277 e. The first kappa shape index (κ1) is 24.6. The molecule has 4 heteroatoms. The van der Waals surface area contributed by atoms with Crippen LogP contribution in [0.2, 0.25) is 0 Å². The first-order valence-corrected chi connectivity index (χ1v) is 14.2. The average Bonchev–Trinajstić information content (AvgIpc) is 3.24. The molecule has 42 heavy (non-hydrogen) atoms. The zero-order chi connectivity index (χ0) is 28.7. The molecule has 1 aliphatic carbocycles. The molecule has 8 rings (SSSR count). The summed E-state index contributed by atoms with van der Waals surface area (Å²) in [6.45, 7) is 4.55. The maximum absolute atomic E-state index is 11.8. The van der Waals surface area contributed by atoms with Crippen molar-refractivity contribution in [3.05, 3.63) is 130 Å². The van der Waals surface area contributed by atoms with Gasteiger partial charge in [-0.2, -0.15) is 0 Å². The van der Waals surface area contributed by atoms with E-state index in [1.54, 1.807) is 19.2 Å². The molecule has 0 N–H and O–H groups in total. The summed E-state index contributed by atoms with van der Waals surface area (Å²) >= 11 is 0. The topological polar surface area (TPSA) is 52.4 Å². The van der Waals surface area contributed by atoms with E-state index in [2.05, 4.69) is 92.7 Å². The number of nitro groups is 1. The molecule has 4 nitrogen and oxygen atoms in total. The lowest BCUT2D eigenvalue weighted by Crippen LogP contribution is -2.14. The van der Waals surface area contributed by atoms with Gasteiger partial charge in [-0.05, 0) is 95.9 Å². The van der Waals surface area contributed by atoms with Gasteiger partial charge in [-0.3, -0.25) is 10.1 Å². The third-order valence-corrected chi connectivity index (χ3v) is 9.23. The van der Waals surface area contributed by atoms with Crippen LogP contribution in [0.15, 0.2) is 109 Å². The van der Waals surface area contributed by atoms with E-state index in [9.17, 15) is 10.1 Å². The molecule has 1 aliphatic rings. The fourth-order valence-electron chi connectivity index (χ4n) is 7.24. The van der Waals surface area contributed by atoms with E-state index in [0.717, 1.165) is 22.3 Å². The standard InChI is InChI=1S/C38H27NO3/c1-38(2)33-17-16-22(23-10-8-9-15-35(23)39(40)41)18-29(33)30-19-28-24-11-4-5-12-25(24)32-21-36(42-3)26-13-6-7-14-27(26)37(32)31(28)20-34(30)38/h4-21H,1-3H3. The quantitative estimate of drug-likeness (QED) is 0.126. The Morgan fingerprint density at radius 2 is 1.21 bits per heavy atom. The van der Waals surface area contributed by atoms with Crippen molar-refractivity contribution < 1.29 is 9.66 Å². The van der Waals surface area contributed by atoms with Gasteiger partial charge >= 0.3 is 0 Å². The third-order valence-electron chi connectivity index (χ3n) is 9.23. The van der Waals surface area contributed by atoms with Gasteiger partial charge in [0.15, 0.2) is 0 Å². The largest absolute Gasteiger partial charge is 0.496 e. The molecule has 7 aromatic carbocycles. The van der Waals surface area contributed by atoms with Crippen LogP contribution in [-0.2, 0) is 5.41 Å². The van der Waals surface area contributed by atoms with Gasteiger partial charge in [-0.15, -0.1) is 0 Å². The minimum atomic E-state index is -0.301. The number of rotatable bonds is 3. The van der Waals surface area contributed by atoms with Crippen LogP contribution in [0, 0.1) is 10.1 Å². The molecule has 202 valence electrons. The van der Waals surface area contributed by atoms with Gasteiger partial charge in [0.05, 0.1) is 17.6 Å². The molecule has 0 atom stereocenters. The van der Waals surface area contributed by atoms with Crippen molar-refractivity contribution in [1.82, 2.24) is 0 Å². The van der Waals surface area contributed by atoms with E-state index in [1.165, 1.54) is 54.4 Å². The predicted molar refractivity (Wildman–Crippen MR) is 173 cm³/mol. The lowest BCUT2D eigenvalue weighted by molar-refractivity contribution is -0.384. The van der Waals surface area contributed by atoms with Gasteiger partial charge in [0.25, 0.3) is 5.69 Å². The molecule has 0 radical (unpaired) electrons. The Labute approximate surface area is 242 Å². The summed E-state index contributed by atoms with van der Waals surface area (Å²) in [7, 11) is 1.74. The minimum Gasteiger partial charge on any atom is -0.496 e. The Morgan fingerprint density at radius 1 is 0.595 bits per heavy atom. The molecule has 0 spiro atoms. The van der Waals surface area contributed by atoms with Crippen LogP contribution in [0.4, 0.5) is 5.69 Å². The summed E-state index contributed by atoms with van der Waals surface area (Å²) in [6, 6.07) is 37.3.